The maximum absolute atomic E-state index is 12.5. The van der Waals surface area contributed by atoms with Gasteiger partial charge in [-0.1, -0.05) is 32.0 Å². The number of hydrogen-bond acceptors (Lipinski definition) is 3. The number of anilines is 2. The van der Waals surface area contributed by atoms with Gasteiger partial charge in [-0.3, -0.25) is 4.79 Å². The minimum Gasteiger partial charge on any atom is -0.378 e. The molecule has 0 bridgehead atoms. The Morgan fingerprint density at radius 3 is 2.38 bits per heavy atom. The number of amides is 1. The predicted octanol–water partition coefficient (Wildman–Crippen LogP) is 3.90. The van der Waals surface area contributed by atoms with E-state index < -0.39 is 0 Å². The monoisotopic (exact) mass is 324 g/mol. The van der Waals surface area contributed by atoms with Gasteiger partial charge in [0.25, 0.3) is 5.91 Å². The smallest absolute Gasteiger partial charge is 0.255 e. The molecule has 1 aliphatic rings. The van der Waals surface area contributed by atoms with Crippen molar-refractivity contribution in [2.75, 3.05) is 36.5 Å². The van der Waals surface area contributed by atoms with Crippen LogP contribution in [0.25, 0.3) is 0 Å². The van der Waals surface area contributed by atoms with Crippen molar-refractivity contribution in [1.82, 2.24) is 0 Å². The summed E-state index contributed by atoms with van der Waals surface area (Å²) < 4.78 is 5.37. The second kappa shape index (κ2) is 7.49. The van der Waals surface area contributed by atoms with Crippen LogP contribution in [0.1, 0.15) is 35.7 Å². The van der Waals surface area contributed by atoms with E-state index in [1.54, 1.807) is 0 Å². The van der Waals surface area contributed by atoms with E-state index >= 15 is 0 Å². The van der Waals surface area contributed by atoms with Gasteiger partial charge in [-0.15, -0.1) is 0 Å². The molecule has 2 aromatic rings. The zero-order valence-electron chi connectivity index (χ0n) is 14.3. The molecule has 126 valence electrons. The first-order valence-corrected chi connectivity index (χ1v) is 8.48. The molecule has 0 radical (unpaired) electrons. The van der Waals surface area contributed by atoms with Gasteiger partial charge in [0.2, 0.25) is 0 Å². The fraction of sp³-hybridized carbons (Fsp3) is 0.350. The van der Waals surface area contributed by atoms with Gasteiger partial charge in [0.15, 0.2) is 0 Å². The maximum atomic E-state index is 12.5. The third kappa shape index (κ3) is 3.77. The van der Waals surface area contributed by atoms with Gasteiger partial charge in [0.05, 0.1) is 13.2 Å². The lowest BCUT2D eigenvalue weighted by Gasteiger charge is -2.28. The molecule has 0 atom stereocenters. The summed E-state index contributed by atoms with van der Waals surface area (Å²) >= 11 is 0. The van der Waals surface area contributed by atoms with Crippen molar-refractivity contribution in [2.24, 2.45) is 0 Å². The van der Waals surface area contributed by atoms with Crippen LogP contribution in [-0.2, 0) is 4.74 Å². The second-order valence-corrected chi connectivity index (χ2v) is 6.34. The van der Waals surface area contributed by atoms with Crippen LogP contribution in [0.4, 0.5) is 11.4 Å². The van der Waals surface area contributed by atoms with Gasteiger partial charge in [-0.05, 0) is 41.8 Å². The molecule has 1 heterocycles. The number of hydrogen-bond donors (Lipinski definition) is 1. The highest BCUT2D eigenvalue weighted by Crippen LogP contribution is 2.24. The van der Waals surface area contributed by atoms with Crippen LogP contribution in [0.2, 0.25) is 0 Å². The highest BCUT2D eigenvalue weighted by atomic mass is 16.5. The summed E-state index contributed by atoms with van der Waals surface area (Å²) in [7, 11) is 0. The van der Waals surface area contributed by atoms with Crippen LogP contribution in [-0.4, -0.2) is 32.2 Å². The molecule has 3 rings (SSSR count). The summed E-state index contributed by atoms with van der Waals surface area (Å²) in [5, 5.41) is 3.03. The Hall–Kier alpha value is -2.33. The van der Waals surface area contributed by atoms with Crippen molar-refractivity contribution in [3.63, 3.8) is 0 Å². The van der Waals surface area contributed by atoms with Gasteiger partial charge in [0, 0.05) is 30.0 Å². The minimum atomic E-state index is -0.0726. The minimum absolute atomic E-state index is 0.0726. The Morgan fingerprint density at radius 2 is 1.71 bits per heavy atom. The quantitative estimate of drug-likeness (QED) is 0.927. The zero-order chi connectivity index (χ0) is 16.9. The number of benzene rings is 2. The van der Waals surface area contributed by atoms with Gasteiger partial charge in [-0.25, -0.2) is 0 Å². The van der Waals surface area contributed by atoms with Crippen LogP contribution in [0.15, 0.2) is 48.5 Å². The fourth-order valence-corrected chi connectivity index (χ4v) is 2.95. The highest BCUT2D eigenvalue weighted by Gasteiger charge is 2.13. The lowest BCUT2D eigenvalue weighted by Crippen LogP contribution is -2.36. The first-order valence-electron chi connectivity index (χ1n) is 8.48. The zero-order valence-corrected chi connectivity index (χ0v) is 14.3. The van der Waals surface area contributed by atoms with Crippen molar-refractivity contribution in [3.8, 4) is 0 Å². The number of nitrogens with one attached hydrogen (secondary N) is 1. The first kappa shape index (κ1) is 16.5. The van der Waals surface area contributed by atoms with Crippen LogP contribution in [0.3, 0.4) is 0 Å². The summed E-state index contributed by atoms with van der Waals surface area (Å²) in [5.41, 5.74) is 3.84. The normalized spacial score (nSPS) is 14.7. The molecule has 1 aliphatic heterocycles. The summed E-state index contributed by atoms with van der Waals surface area (Å²) in [6, 6.07) is 15.8. The first-order chi connectivity index (χ1) is 11.6. The molecule has 1 N–H and O–H groups in total. The molecule has 24 heavy (non-hydrogen) atoms. The molecule has 0 unspecified atom stereocenters. The van der Waals surface area contributed by atoms with Crippen molar-refractivity contribution >= 4 is 17.3 Å². The molecule has 1 saturated heterocycles. The SMILES string of the molecule is CC(C)c1ccccc1NC(=O)c1ccc(N2CCOCC2)cc1. The summed E-state index contributed by atoms with van der Waals surface area (Å²) in [6.45, 7) is 7.56. The Kier molecular flexibility index (Phi) is 5.16. The van der Waals surface area contributed by atoms with Crippen molar-refractivity contribution in [1.29, 1.82) is 0 Å². The molecule has 1 amide bonds. The lowest BCUT2D eigenvalue weighted by atomic mass is 10.0. The molecule has 4 heteroatoms. The predicted molar refractivity (Wildman–Crippen MR) is 98.0 cm³/mol. The Balaban J connectivity index is 1.71. The van der Waals surface area contributed by atoms with Crippen molar-refractivity contribution < 1.29 is 9.53 Å². The van der Waals surface area contributed by atoms with E-state index in [0.29, 0.717) is 11.5 Å². The van der Waals surface area contributed by atoms with Gasteiger partial charge >= 0.3 is 0 Å². The Morgan fingerprint density at radius 1 is 1.04 bits per heavy atom. The number of morpholine rings is 1. The lowest BCUT2D eigenvalue weighted by molar-refractivity contribution is 0.102. The van der Waals surface area contributed by atoms with Crippen LogP contribution >= 0.6 is 0 Å². The van der Waals surface area contributed by atoms with E-state index in [0.717, 1.165) is 43.2 Å². The summed E-state index contributed by atoms with van der Waals surface area (Å²) in [5.74, 6) is 0.293. The van der Waals surface area contributed by atoms with E-state index in [-0.39, 0.29) is 5.91 Å². The topological polar surface area (TPSA) is 41.6 Å². The molecule has 0 aromatic heterocycles. The van der Waals surface area contributed by atoms with E-state index in [2.05, 4.69) is 30.1 Å². The van der Waals surface area contributed by atoms with Gasteiger partial charge in [0.1, 0.15) is 0 Å². The number of para-hydroxylation sites is 1. The Bertz CT molecular complexity index is 689. The average Bonchev–Trinajstić information content (AvgIpc) is 2.63. The molecule has 2 aromatic carbocycles. The molecule has 0 aliphatic carbocycles. The van der Waals surface area contributed by atoms with E-state index in [1.807, 2.05) is 42.5 Å². The molecule has 1 fully saturated rings. The molecular weight excluding hydrogens is 300 g/mol. The molecular formula is C20H24N2O2. The van der Waals surface area contributed by atoms with Crippen molar-refractivity contribution in [2.45, 2.75) is 19.8 Å². The number of rotatable bonds is 4. The average molecular weight is 324 g/mol. The van der Waals surface area contributed by atoms with Crippen LogP contribution in [0, 0.1) is 0 Å². The van der Waals surface area contributed by atoms with E-state index in [1.165, 1.54) is 0 Å². The van der Waals surface area contributed by atoms with Gasteiger partial charge in [-0.2, -0.15) is 0 Å². The third-order valence-electron chi connectivity index (χ3n) is 4.34. The standard InChI is InChI=1S/C20H24N2O2/c1-15(2)18-5-3-4-6-19(18)21-20(23)16-7-9-17(10-8-16)22-11-13-24-14-12-22/h3-10,15H,11-14H2,1-2H3,(H,21,23). The van der Waals surface area contributed by atoms with Crippen LogP contribution in [0.5, 0.6) is 0 Å². The maximum Gasteiger partial charge on any atom is 0.255 e. The van der Waals surface area contributed by atoms with Crippen molar-refractivity contribution in [3.05, 3.63) is 59.7 Å². The number of nitrogens with zero attached hydrogens (tertiary/aromatic N) is 1. The molecule has 0 saturated carbocycles. The van der Waals surface area contributed by atoms with E-state index in [4.69, 9.17) is 4.74 Å². The largest absolute Gasteiger partial charge is 0.378 e. The molecule has 4 nitrogen and oxygen atoms in total. The number of carbonyl (C=O) groups is 1. The highest BCUT2D eigenvalue weighted by molar-refractivity contribution is 6.04. The fourth-order valence-electron chi connectivity index (χ4n) is 2.95. The summed E-state index contributed by atoms with van der Waals surface area (Å²) in [6.07, 6.45) is 0. The number of ether oxygens (including phenoxy) is 1. The van der Waals surface area contributed by atoms with E-state index in [9.17, 15) is 4.79 Å². The number of carbonyl (C=O) groups excluding carboxylic acids is 1. The third-order valence-corrected chi connectivity index (χ3v) is 4.34. The second-order valence-electron chi connectivity index (χ2n) is 6.34. The molecule has 0 spiro atoms. The summed E-state index contributed by atoms with van der Waals surface area (Å²) in [4.78, 5) is 14.8. The Labute approximate surface area is 143 Å². The van der Waals surface area contributed by atoms with Crippen LogP contribution < -0.4 is 10.2 Å². The van der Waals surface area contributed by atoms with Gasteiger partial charge < -0.3 is 15.0 Å².